The van der Waals surface area contributed by atoms with Crippen molar-refractivity contribution < 1.29 is 14.3 Å². The van der Waals surface area contributed by atoms with Gasteiger partial charge in [-0.15, -0.1) is 0 Å². The molecule has 0 saturated heterocycles. The van der Waals surface area contributed by atoms with Crippen molar-refractivity contribution in [1.29, 1.82) is 0 Å². The molecule has 0 aliphatic rings. The Hall–Kier alpha value is -1.23. The molecule has 100 valence electrons. The second-order valence-electron chi connectivity index (χ2n) is 3.86. The van der Waals surface area contributed by atoms with Gasteiger partial charge < -0.3 is 14.8 Å². The van der Waals surface area contributed by atoms with Gasteiger partial charge in [-0.2, -0.15) is 0 Å². The summed E-state index contributed by atoms with van der Waals surface area (Å²) in [7, 11) is 3.03. The summed E-state index contributed by atoms with van der Waals surface area (Å²) in [6, 6.07) is 5.70. The Labute approximate surface area is 116 Å². The fraction of sp³-hybridized carbons (Fsp3) is 0.462. The van der Waals surface area contributed by atoms with Crippen molar-refractivity contribution in [3.05, 3.63) is 22.7 Å². The normalized spacial score (nSPS) is 11.8. The summed E-state index contributed by atoms with van der Waals surface area (Å²) in [5.41, 5.74) is 0.935. The summed E-state index contributed by atoms with van der Waals surface area (Å²) >= 11 is 3.42. The Balaban J connectivity index is 2.62. The smallest absolute Gasteiger partial charge is 0.310 e. The predicted octanol–water partition coefficient (Wildman–Crippen LogP) is 3.07. The van der Waals surface area contributed by atoms with E-state index in [2.05, 4.69) is 21.2 Å². The number of methoxy groups -OCH3 is 2. The van der Waals surface area contributed by atoms with Crippen LogP contribution in [0.25, 0.3) is 0 Å². The molecule has 0 heterocycles. The van der Waals surface area contributed by atoms with Crippen molar-refractivity contribution in [3.63, 3.8) is 0 Å². The van der Waals surface area contributed by atoms with Gasteiger partial charge in [0.2, 0.25) is 0 Å². The molecular weight excluding hydrogens is 298 g/mol. The molecule has 4 nitrogen and oxygen atoms in total. The summed E-state index contributed by atoms with van der Waals surface area (Å²) in [6.07, 6.45) is 0.747. The number of halogens is 1. The quantitative estimate of drug-likeness (QED) is 0.820. The largest absolute Gasteiger partial charge is 0.496 e. The summed E-state index contributed by atoms with van der Waals surface area (Å²) in [4.78, 5) is 11.4. The third-order valence-electron chi connectivity index (χ3n) is 2.73. The zero-order chi connectivity index (χ0) is 13.5. The summed E-state index contributed by atoms with van der Waals surface area (Å²) in [6.45, 7) is 2.52. The third kappa shape index (κ3) is 3.91. The number of carbonyl (C=O) groups is 1. The lowest BCUT2D eigenvalue weighted by Gasteiger charge is -2.14. The van der Waals surface area contributed by atoms with Crippen LogP contribution >= 0.6 is 15.9 Å². The van der Waals surface area contributed by atoms with Crippen LogP contribution in [0.5, 0.6) is 5.75 Å². The third-order valence-corrected chi connectivity index (χ3v) is 3.35. The van der Waals surface area contributed by atoms with Crippen LogP contribution in [0.1, 0.15) is 13.3 Å². The minimum absolute atomic E-state index is 0.129. The standard InChI is InChI=1S/C13H18BrNO3/c1-4-9(13(16)18-3)8-15-10-5-6-12(17-2)11(14)7-10/h5-7,9,15H,4,8H2,1-3H3. The molecule has 5 heteroatoms. The molecular formula is C13H18BrNO3. The summed E-state index contributed by atoms with van der Waals surface area (Å²) < 4.78 is 10.8. The van der Waals surface area contributed by atoms with Crippen LogP contribution in [0, 0.1) is 5.92 Å². The van der Waals surface area contributed by atoms with Crippen LogP contribution in [0.15, 0.2) is 22.7 Å². The van der Waals surface area contributed by atoms with Gasteiger partial charge in [0.1, 0.15) is 5.75 Å². The molecule has 1 N–H and O–H groups in total. The number of esters is 1. The van der Waals surface area contributed by atoms with Gasteiger partial charge in [-0.3, -0.25) is 4.79 Å². The lowest BCUT2D eigenvalue weighted by molar-refractivity contribution is -0.145. The highest BCUT2D eigenvalue weighted by Crippen LogP contribution is 2.27. The SMILES string of the molecule is CCC(CNc1ccc(OC)c(Br)c1)C(=O)OC. The van der Waals surface area contributed by atoms with Crippen LogP contribution in [0.3, 0.4) is 0 Å². The Morgan fingerprint density at radius 3 is 2.67 bits per heavy atom. The van der Waals surface area contributed by atoms with Gasteiger partial charge in [-0.25, -0.2) is 0 Å². The molecule has 0 spiro atoms. The first-order chi connectivity index (χ1) is 8.62. The van der Waals surface area contributed by atoms with E-state index in [1.54, 1.807) is 7.11 Å². The predicted molar refractivity (Wildman–Crippen MR) is 75.0 cm³/mol. The molecule has 1 unspecified atom stereocenters. The Bertz CT molecular complexity index is 409. The van der Waals surface area contributed by atoms with E-state index in [0.717, 1.165) is 22.3 Å². The van der Waals surface area contributed by atoms with E-state index in [1.807, 2.05) is 25.1 Å². The molecule has 0 aromatic heterocycles. The zero-order valence-electron chi connectivity index (χ0n) is 10.8. The fourth-order valence-electron chi connectivity index (χ4n) is 1.58. The molecule has 0 bridgehead atoms. The maximum Gasteiger partial charge on any atom is 0.310 e. The maximum absolute atomic E-state index is 11.4. The molecule has 0 radical (unpaired) electrons. The van der Waals surface area contributed by atoms with E-state index in [-0.39, 0.29) is 11.9 Å². The molecule has 1 aromatic carbocycles. The first kappa shape index (κ1) is 14.8. The van der Waals surface area contributed by atoms with Gasteiger partial charge in [0.05, 0.1) is 24.6 Å². The molecule has 0 aliphatic carbocycles. The number of hydrogen-bond acceptors (Lipinski definition) is 4. The van der Waals surface area contributed by atoms with Crippen LogP contribution in [0.4, 0.5) is 5.69 Å². The fourth-order valence-corrected chi connectivity index (χ4v) is 2.12. The van der Waals surface area contributed by atoms with E-state index in [4.69, 9.17) is 9.47 Å². The Kier molecular flexibility index (Phi) is 5.98. The average molecular weight is 316 g/mol. The lowest BCUT2D eigenvalue weighted by atomic mass is 10.1. The van der Waals surface area contributed by atoms with Crippen molar-refractivity contribution in [1.82, 2.24) is 0 Å². The van der Waals surface area contributed by atoms with Gasteiger partial charge in [-0.1, -0.05) is 6.92 Å². The lowest BCUT2D eigenvalue weighted by Crippen LogP contribution is -2.23. The van der Waals surface area contributed by atoms with Crippen LogP contribution in [-0.4, -0.2) is 26.7 Å². The second-order valence-corrected chi connectivity index (χ2v) is 4.71. The number of rotatable bonds is 6. The number of anilines is 1. The van der Waals surface area contributed by atoms with E-state index >= 15 is 0 Å². The number of ether oxygens (including phenoxy) is 2. The van der Waals surface area contributed by atoms with E-state index in [1.165, 1.54) is 7.11 Å². The molecule has 0 fully saturated rings. The van der Waals surface area contributed by atoms with Crippen molar-refractivity contribution in [2.45, 2.75) is 13.3 Å². The number of carbonyl (C=O) groups excluding carboxylic acids is 1. The minimum Gasteiger partial charge on any atom is -0.496 e. The van der Waals surface area contributed by atoms with Gasteiger partial charge in [0.15, 0.2) is 0 Å². The second kappa shape index (κ2) is 7.26. The molecule has 0 aliphatic heterocycles. The highest BCUT2D eigenvalue weighted by molar-refractivity contribution is 9.10. The number of nitrogens with one attached hydrogen (secondary N) is 1. The minimum atomic E-state index is -0.183. The molecule has 0 amide bonds. The van der Waals surface area contributed by atoms with E-state index in [9.17, 15) is 4.79 Å². The van der Waals surface area contributed by atoms with Crippen LogP contribution < -0.4 is 10.1 Å². The Morgan fingerprint density at radius 2 is 2.17 bits per heavy atom. The van der Waals surface area contributed by atoms with Crippen molar-refractivity contribution in [3.8, 4) is 5.75 Å². The number of hydrogen-bond donors (Lipinski definition) is 1. The topological polar surface area (TPSA) is 47.6 Å². The molecule has 0 saturated carbocycles. The van der Waals surface area contributed by atoms with Gasteiger partial charge in [0.25, 0.3) is 0 Å². The number of benzene rings is 1. The van der Waals surface area contributed by atoms with Crippen LogP contribution in [-0.2, 0) is 9.53 Å². The van der Waals surface area contributed by atoms with E-state index in [0.29, 0.717) is 6.54 Å². The van der Waals surface area contributed by atoms with Gasteiger partial charge in [-0.05, 0) is 40.5 Å². The highest BCUT2D eigenvalue weighted by Gasteiger charge is 2.16. The summed E-state index contributed by atoms with van der Waals surface area (Å²) in [5, 5.41) is 3.22. The first-order valence-electron chi connectivity index (χ1n) is 5.77. The van der Waals surface area contributed by atoms with Crippen molar-refractivity contribution >= 4 is 27.6 Å². The Morgan fingerprint density at radius 1 is 1.44 bits per heavy atom. The van der Waals surface area contributed by atoms with Gasteiger partial charge >= 0.3 is 5.97 Å². The van der Waals surface area contributed by atoms with Crippen molar-refractivity contribution in [2.75, 3.05) is 26.1 Å². The van der Waals surface area contributed by atoms with Crippen molar-refractivity contribution in [2.24, 2.45) is 5.92 Å². The molecule has 1 aromatic rings. The average Bonchev–Trinajstić information content (AvgIpc) is 2.39. The molecule has 18 heavy (non-hydrogen) atoms. The maximum atomic E-state index is 11.4. The van der Waals surface area contributed by atoms with E-state index < -0.39 is 0 Å². The summed E-state index contributed by atoms with van der Waals surface area (Å²) in [5.74, 6) is 0.467. The molecule has 1 atom stereocenters. The zero-order valence-corrected chi connectivity index (χ0v) is 12.4. The molecule has 1 rings (SSSR count). The highest BCUT2D eigenvalue weighted by atomic mass is 79.9. The van der Waals surface area contributed by atoms with Crippen LogP contribution in [0.2, 0.25) is 0 Å². The van der Waals surface area contributed by atoms with Gasteiger partial charge in [0, 0.05) is 12.2 Å². The first-order valence-corrected chi connectivity index (χ1v) is 6.56. The monoisotopic (exact) mass is 315 g/mol.